The minimum atomic E-state index is -0.487. The number of aliphatic hydroxyl groups is 1. The Morgan fingerprint density at radius 3 is 2.95 bits per heavy atom. The van der Waals surface area contributed by atoms with E-state index in [4.69, 9.17) is 0 Å². The summed E-state index contributed by atoms with van der Waals surface area (Å²) in [5, 5.41) is 15.9. The van der Waals surface area contributed by atoms with E-state index in [-0.39, 0.29) is 11.9 Å². The van der Waals surface area contributed by atoms with Crippen molar-refractivity contribution in [1.29, 1.82) is 0 Å². The van der Waals surface area contributed by atoms with E-state index in [1.165, 1.54) is 0 Å². The molecule has 2 atom stereocenters. The molecule has 1 aromatic carbocycles. The lowest BCUT2D eigenvalue weighted by atomic mass is 10.1. The molecular formula is C14H16N2O2S. The summed E-state index contributed by atoms with van der Waals surface area (Å²) in [6.07, 6.45) is -0.487. The van der Waals surface area contributed by atoms with Crippen molar-refractivity contribution in [3.05, 3.63) is 35.2 Å². The van der Waals surface area contributed by atoms with Gasteiger partial charge in [-0.3, -0.25) is 4.79 Å². The van der Waals surface area contributed by atoms with Gasteiger partial charge in [-0.25, -0.2) is 0 Å². The van der Waals surface area contributed by atoms with Crippen LogP contribution in [0.1, 0.15) is 10.4 Å². The summed E-state index contributed by atoms with van der Waals surface area (Å²) in [5.74, 6) is -0.0230. The summed E-state index contributed by atoms with van der Waals surface area (Å²) < 4.78 is 1.12. The van der Waals surface area contributed by atoms with Gasteiger partial charge in [0.25, 0.3) is 5.91 Å². The number of thiophene rings is 1. The van der Waals surface area contributed by atoms with Crippen LogP contribution in [0.2, 0.25) is 0 Å². The highest BCUT2D eigenvalue weighted by Crippen LogP contribution is 2.27. The van der Waals surface area contributed by atoms with Crippen molar-refractivity contribution < 1.29 is 9.90 Å². The Balaban J connectivity index is 1.91. The SMILES string of the molecule is CN(C(=O)c1csc2ccccc12)[C@H]1CNC[C@@H]1O. The molecule has 5 heteroatoms. The number of nitrogens with one attached hydrogen (secondary N) is 1. The topological polar surface area (TPSA) is 52.6 Å². The molecule has 4 nitrogen and oxygen atoms in total. The number of hydrogen-bond acceptors (Lipinski definition) is 4. The summed E-state index contributed by atoms with van der Waals surface area (Å²) >= 11 is 1.58. The van der Waals surface area contributed by atoms with Crippen LogP contribution >= 0.6 is 11.3 Å². The van der Waals surface area contributed by atoms with E-state index in [9.17, 15) is 9.90 Å². The summed E-state index contributed by atoms with van der Waals surface area (Å²) in [7, 11) is 1.76. The maximum atomic E-state index is 12.5. The Bertz CT molecular complexity index is 610. The Morgan fingerprint density at radius 1 is 1.42 bits per heavy atom. The minimum absolute atomic E-state index is 0.0230. The van der Waals surface area contributed by atoms with Crippen molar-refractivity contribution in [2.24, 2.45) is 0 Å². The van der Waals surface area contributed by atoms with Crippen LogP contribution in [0.3, 0.4) is 0 Å². The first-order chi connectivity index (χ1) is 9.18. The first-order valence-corrected chi connectivity index (χ1v) is 7.18. The molecule has 0 aliphatic carbocycles. The fraction of sp³-hybridized carbons (Fsp3) is 0.357. The van der Waals surface area contributed by atoms with E-state index in [1.54, 1.807) is 23.3 Å². The van der Waals surface area contributed by atoms with Crippen molar-refractivity contribution in [1.82, 2.24) is 10.2 Å². The average Bonchev–Trinajstić information content (AvgIpc) is 3.03. The van der Waals surface area contributed by atoms with Gasteiger partial charge < -0.3 is 15.3 Å². The lowest BCUT2D eigenvalue weighted by Crippen LogP contribution is -2.44. The smallest absolute Gasteiger partial charge is 0.255 e. The van der Waals surface area contributed by atoms with E-state index in [2.05, 4.69) is 5.32 Å². The summed E-state index contributed by atoms with van der Waals surface area (Å²) in [4.78, 5) is 14.2. The number of benzene rings is 1. The lowest BCUT2D eigenvalue weighted by Gasteiger charge is -2.26. The first-order valence-electron chi connectivity index (χ1n) is 6.30. The van der Waals surface area contributed by atoms with Gasteiger partial charge in [0.15, 0.2) is 0 Å². The van der Waals surface area contributed by atoms with Crippen LogP contribution in [-0.2, 0) is 0 Å². The highest BCUT2D eigenvalue weighted by molar-refractivity contribution is 7.17. The van der Waals surface area contributed by atoms with Crippen LogP contribution in [0.15, 0.2) is 29.6 Å². The zero-order chi connectivity index (χ0) is 13.4. The zero-order valence-electron chi connectivity index (χ0n) is 10.7. The van der Waals surface area contributed by atoms with Crippen molar-refractivity contribution in [3.63, 3.8) is 0 Å². The Hall–Kier alpha value is -1.43. The number of carbonyl (C=O) groups excluding carboxylic acids is 1. The van der Waals surface area contributed by atoms with Gasteiger partial charge in [-0.2, -0.15) is 0 Å². The molecule has 2 N–H and O–H groups in total. The van der Waals surface area contributed by atoms with Crippen molar-refractivity contribution in [3.8, 4) is 0 Å². The molecule has 0 unspecified atom stereocenters. The average molecular weight is 276 g/mol. The Morgan fingerprint density at radius 2 is 2.21 bits per heavy atom. The van der Waals surface area contributed by atoms with Gasteiger partial charge in [0.1, 0.15) is 0 Å². The van der Waals surface area contributed by atoms with E-state index >= 15 is 0 Å². The number of carbonyl (C=O) groups is 1. The fourth-order valence-corrected chi connectivity index (χ4v) is 3.46. The predicted octanol–water partition coefficient (Wildman–Crippen LogP) is 1.31. The van der Waals surface area contributed by atoms with Crippen LogP contribution in [0.25, 0.3) is 10.1 Å². The third kappa shape index (κ3) is 2.14. The number of fused-ring (bicyclic) bond motifs is 1. The van der Waals surface area contributed by atoms with E-state index < -0.39 is 6.10 Å². The second kappa shape index (κ2) is 4.92. The number of hydrogen-bond donors (Lipinski definition) is 2. The zero-order valence-corrected chi connectivity index (χ0v) is 11.5. The fourth-order valence-electron chi connectivity index (χ4n) is 2.53. The maximum absolute atomic E-state index is 12.5. The second-order valence-corrected chi connectivity index (χ2v) is 5.77. The molecule has 2 aromatic rings. The van der Waals surface area contributed by atoms with Crippen LogP contribution < -0.4 is 5.32 Å². The molecule has 3 rings (SSSR count). The molecule has 0 saturated carbocycles. The van der Waals surface area contributed by atoms with E-state index in [0.717, 1.165) is 15.6 Å². The number of aliphatic hydroxyl groups excluding tert-OH is 1. The summed E-state index contributed by atoms with van der Waals surface area (Å²) in [5.41, 5.74) is 0.724. The van der Waals surface area contributed by atoms with Gasteiger partial charge in [0.2, 0.25) is 0 Å². The second-order valence-electron chi connectivity index (χ2n) is 4.85. The molecule has 1 saturated heterocycles. The van der Waals surface area contributed by atoms with Crippen LogP contribution in [-0.4, -0.2) is 48.2 Å². The summed E-state index contributed by atoms with van der Waals surface area (Å²) in [6.45, 7) is 1.19. The third-order valence-electron chi connectivity index (χ3n) is 3.68. The number of nitrogens with zero attached hydrogens (tertiary/aromatic N) is 1. The van der Waals surface area contributed by atoms with Crippen molar-refractivity contribution >= 4 is 27.3 Å². The third-order valence-corrected chi connectivity index (χ3v) is 4.64. The van der Waals surface area contributed by atoms with Gasteiger partial charge in [-0.15, -0.1) is 11.3 Å². The molecule has 0 spiro atoms. The molecule has 1 aliphatic heterocycles. The standard InChI is InChI=1S/C14H16N2O2S/c1-16(11-6-15-7-12(11)17)14(18)10-8-19-13-5-3-2-4-9(10)13/h2-5,8,11-12,15,17H,6-7H2,1H3/t11-,12-/m0/s1. The largest absolute Gasteiger partial charge is 0.390 e. The van der Waals surface area contributed by atoms with Crippen molar-refractivity contribution in [2.45, 2.75) is 12.1 Å². The van der Waals surface area contributed by atoms with Crippen LogP contribution in [0, 0.1) is 0 Å². The van der Waals surface area contributed by atoms with Gasteiger partial charge in [0, 0.05) is 35.6 Å². The normalized spacial score (nSPS) is 22.8. The minimum Gasteiger partial charge on any atom is -0.390 e. The highest BCUT2D eigenvalue weighted by Gasteiger charge is 2.32. The van der Waals surface area contributed by atoms with Gasteiger partial charge in [0.05, 0.1) is 17.7 Å². The van der Waals surface area contributed by atoms with Crippen molar-refractivity contribution in [2.75, 3.05) is 20.1 Å². The van der Waals surface area contributed by atoms with Gasteiger partial charge in [-0.1, -0.05) is 18.2 Å². The monoisotopic (exact) mass is 276 g/mol. The molecule has 0 radical (unpaired) electrons. The lowest BCUT2D eigenvalue weighted by molar-refractivity contribution is 0.0583. The van der Waals surface area contributed by atoms with Gasteiger partial charge in [-0.05, 0) is 6.07 Å². The number of likely N-dealkylation sites (N-methyl/N-ethyl adjacent to an activating group) is 1. The molecule has 19 heavy (non-hydrogen) atoms. The number of amides is 1. The Labute approximate surface area is 115 Å². The molecule has 1 fully saturated rings. The van der Waals surface area contributed by atoms with Crippen LogP contribution in [0.4, 0.5) is 0 Å². The molecule has 1 aliphatic rings. The Kier molecular flexibility index (Phi) is 3.26. The van der Waals surface area contributed by atoms with Gasteiger partial charge >= 0.3 is 0 Å². The quantitative estimate of drug-likeness (QED) is 0.869. The molecular weight excluding hydrogens is 260 g/mol. The number of β-amino-alcohol motifs (C(OH)–C–C–N with tert-alkyl or cyclic N) is 1. The van der Waals surface area contributed by atoms with E-state index in [0.29, 0.717) is 13.1 Å². The molecule has 1 aromatic heterocycles. The molecule has 2 heterocycles. The highest BCUT2D eigenvalue weighted by atomic mass is 32.1. The predicted molar refractivity (Wildman–Crippen MR) is 76.6 cm³/mol. The summed E-state index contributed by atoms with van der Waals surface area (Å²) in [6, 6.07) is 7.75. The van der Waals surface area contributed by atoms with E-state index in [1.807, 2.05) is 29.6 Å². The molecule has 100 valence electrons. The molecule has 1 amide bonds. The molecule has 0 bridgehead atoms. The maximum Gasteiger partial charge on any atom is 0.255 e. The first kappa shape index (κ1) is 12.6. The number of rotatable bonds is 2. The van der Waals surface area contributed by atoms with Crippen LogP contribution in [0.5, 0.6) is 0 Å².